The van der Waals surface area contributed by atoms with Crippen LogP contribution in [-0.4, -0.2) is 51.9 Å². The van der Waals surface area contributed by atoms with Gasteiger partial charge in [0.1, 0.15) is 5.82 Å². The van der Waals surface area contributed by atoms with Gasteiger partial charge in [-0.25, -0.2) is 9.07 Å². The molecule has 1 fully saturated rings. The zero-order valence-corrected chi connectivity index (χ0v) is 12.7. The second-order valence-corrected chi connectivity index (χ2v) is 5.45. The molecule has 1 aliphatic rings. The molecule has 1 aromatic carbocycles. The first-order chi connectivity index (χ1) is 10.8. The molecule has 0 saturated carbocycles. The Bertz CT molecular complexity index is 594. The number of likely N-dealkylation sites (tertiary alicyclic amines) is 1. The lowest BCUT2D eigenvalue weighted by Crippen LogP contribution is -2.29. The van der Waals surface area contributed by atoms with Crippen LogP contribution in [0.2, 0.25) is 0 Å². The normalized spacial score (nSPS) is 17.0. The Hall–Kier alpha value is -1.86. The van der Waals surface area contributed by atoms with Crippen LogP contribution in [0, 0.1) is 5.82 Å². The van der Waals surface area contributed by atoms with Gasteiger partial charge in [-0.15, -0.1) is 5.10 Å². The molecule has 7 heteroatoms. The Balaban J connectivity index is 1.94. The Morgan fingerprint density at radius 3 is 2.64 bits per heavy atom. The minimum absolute atomic E-state index is 0.0463. The lowest BCUT2D eigenvalue weighted by atomic mass is 10.0. The van der Waals surface area contributed by atoms with Crippen LogP contribution in [0.15, 0.2) is 24.3 Å². The van der Waals surface area contributed by atoms with E-state index in [4.69, 9.17) is 4.74 Å². The fourth-order valence-electron chi connectivity index (χ4n) is 2.91. The molecule has 118 valence electrons. The van der Waals surface area contributed by atoms with E-state index in [-0.39, 0.29) is 11.9 Å². The number of hydrogen-bond donors (Lipinski definition) is 0. The maximum absolute atomic E-state index is 13.2. The van der Waals surface area contributed by atoms with Crippen molar-refractivity contribution in [3.8, 4) is 0 Å². The second kappa shape index (κ2) is 6.93. The number of benzene rings is 1. The molecule has 0 unspecified atom stereocenters. The third-order valence-corrected chi connectivity index (χ3v) is 4.00. The summed E-state index contributed by atoms with van der Waals surface area (Å²) >= 11 is 0. The van der Waals surface area contributed by atoms with Crippen LogP contribution >= 0.6 is 0 Å². The highest BCUT2D eigenvalue weighted by Gasteiger charge is 2.29. The zero-order chi connectivity index (χ0) is 15.4. The molecule has 2 heterocycles. The van der Waals surface area contributed by atoms with E-state index in [0.717, 1.165) is 37.3 Å². The summed E-state index contributed by atoms with van der Waals surface area (Å²) in [5.41, 5.74) is 1.01. The highest BCUT2D eigenvalue weighted by molar-refractivity contribution is 5.25. The predicted octanol–water partition coefficient (Wildman–Crippen LogP) is 1.64. The lowest BCUT2D eigenvalue weighted by Gasteiger charge is -2.26. The topological polar surface area (TPSA) is 56.1 Å². The summed E-state index contributed by atoms with van der Waals surface area (Å²) < 4.78 is 20.1. The maximum Gasteiger partial charge on any atom is 0.173 e. The average molecular weight is 305 g/mol. The average Bonchev–Trinajstić information content (AvgIpc) is 3.20. The first-order valence-corrected chi connectivity index (χ1v) is 7.54. The molecule has 1 atom stereocenters. The van der Waals surface area contributed by atoms with E-state index in [0.29, 0.717) is 13.2 Å². The van der Waals surface area contributed by atoms with Gasteiger partial charge in [-0.3, -0.25) is 4.90 Å². The van der Waals surface area contributed by atoms with Gasteiger partial charge >= 0.3 is 0 Å². The van der Waals surface area contributed by atoms with Crippen molar-refractivity contribution in [2.45, 2.75) is 25.4 Å². The van der Waals surface area contributed by atoms with Crippen LogP contribution in [0.25, 0.3) is 0 Å². The predicted molar refractivity (Wildman–Crippen MR) is 78.7 cm³/mol. The van der Waals surface area contributed by atoms with E-state index < -0.39 is 0 Å². The number of nitrogens with zero attached hydrogens (tertiary/aromatic N) is 5. The molecule has 6 nitrogen and oxygen atoms in total. The summed E-state index contributed by atoms with van der Waals surface area (Å²) in [6.07, 6.45) is 2.33. The van der Waals surface area contributed by atoms with Gasteiger partial charge in [0, 0.05) is 7.11 Å². The van der Waals surface area contributed by atoms with Gasteiger partial charge in [-0.2, -0.15) is 0 Å². The molecule has 0 spiro atoms. The molecule has 0 amide bonds. The van der Waals surface area contributed by atoms with Crippen LogP contribution in [0.4, 0.5) is 4.39 Å². The van der Waals surface area contributed by atoms with E-state index in [2.05, 4.69) is 20.4 Å². The van der Waals surface area contributed by atoms with E-state index in [1.165, 1.54) is 12.1 Å². The third kappa shape index (κ3) is 3.15. The van der Waals surface area contributed by atoms with Gasteiger partial charge in [0.05, 0.1) is 19.2 Å². The molecule has 1 aliphatic heterocycles. The summed E-state index contributed by atoms with van der Waals surface area (Å²) in [6, 6.07) is 6.56. The number of halogens is 1. The van der Waals surface area contributed by atoms with Crippen LogP contribution in [-0.2, 0) is 11.3 Å². The minimum atomic E-state index is -0.233. The van der Waals surface area contributed by atoms with Crippen molar-refractivity contribution in [1.29, 1.82) is 0 Å². The van der Waals surface area contributed by atoms with Gasteiger partial charge in [0.15, 0.2) is 5.82 Å². The molecule has 3 rings (SSSR count). The van der Waals surface area contributed by atoms with Gasteiger partial charge in [0.2, 0.25) is 0 Å². The van der Waals surface area contributed by atoms with Crippen molar-refractivity contribution >= 4 is 0 Å². The van der Waals surface area contributed by atoms with Crippen LogP contribution in [0.3, 0.4) is 0 Å². The molecule has 1 saturated heterocycles. The molecular weight excluding hydrogens is 285 g/mol. The van der Waals surface area contributed by atoms with Gasteiger partial charge < -0.3 is 4.74 Å². The monoisotopic (exact) mass is 305 g/mol. The Kier molecular flexibility index (Phi) is 4.74. The van der Waals surface area contributed by atoms with Crippen molar-refractivity contribution in [2.75, 3.05) is 26.8 Å². The summed E-state index contributed by atoms with van der Waals surface area (Å²) in [7, 11) is 1.65. The fourth-order valence-corrected chi connectivity index (χ4v) is 2.91. The van der Waals surface area contributed by atoms with Crippen LogP contribution in [0.5, 0.6) is 0 Å². The van der Waals surface area contributed by atoms with Crippen LogP contribution < -0.4 is 0 Å². The van der Waals surface area contributed by atoms with Gasteiger partial charge in [-0.1, -0.05) is 12.1 Å². The molecule has 0 aliphatic carbocycles. The van der Waals surface area contributed by atoms with E-state index in [1.54, 1.807) is 11.8 Å². The molecular formula is C15H20FN5O. The quantitative estimate of drug-likeness (QED) is 0.812. The van der Waals surface area contributed by atoms with Crippen molar-refractivity contribution in [2.24, 2.45) is 0 Å². The maximum atomic E-state index is 13.2. The summed E-state index contributed by atoms with van der Waals surface area (Å²) in [5.74, 6) is 0.549. The Morgan fingerprint density at radius 1 is 1.23 bits per heavy atom. The first kappa shape index (κ1) is 15.1. The summed E-state index contributed by atoms with van der Waals surface area (Å²) in [6.45, 7) is 3.15. The molecule has 0 radical (unpaired) electrons. The molecule has 2 aromatic rings. The van der Waals surface area contributed by atoms with E-state index in [1.807, 2.05) is 12.1 Å². The van der Waals surface area contributed by atoms with Crippen molar-refractivity contribution in [3.63, 3.8) is 0 Å². The largest absolute Gasteiger partial charge is 0.383 e. The Labute approximate surface area is 128 Å². The smallest absolute Gasteiger partial charge is 0.173 e. The number of ether oxygens (including phenoxy) is 1. The lowest BCUT2D eigenvalue weighted by molar-refractivity contribution is 0.178. The van der Waals surface area contributed by atoms with E-state index in [9.17, 15) is 4.39 Å². The standard InChI is InChI=1S/C15H20FN5O/c1-22-11-10-21-15(17-18-19-21)14(20-8-2-3-9-20)12-4-6-13(16)7-5-12/h4-7,14H,2-3,8-11H2,1H3/t14-/m1/s1. The number of rotatable bonds is 6. The number of aromatic nitrogens is 4. The molecule has 0 N–H and O–H groups in total. The molecule has 1 aromatic heterocycles. The molecule has 22 heavy (non-hydrogen) atoms. The van der Waals surface area contributed by atoms with Crippen LogP contribution in [0.1, 0.15) is 30.3 Å². The fraction of sp³-hybridized carbons (Fsp3) is 0.533. The SMILES string of the molecule is COCCn1nnnc1[C@@H](c1ccc(F)cc1)N1CCCC1. The highest BCUT2D eigenvalue weighted by atomic mass is 19.1. The number of tetrazole rings is 1. The number of hydrogen-bond acceptors (Lipinski definition) is 5. The van der Waals surface area contributed by atoms with Crippen molar-refractivity contribution in [3.05, 3.63) is 41.5 Å². The molecule has 0 bridgehead atoms. The Morgan fingerprint density at radius 2 is 1.95 bits per heavy atom. The third-order valence-electron chi connectivity index (χ3n) is 4.00. The van der Waals surface area contributed by atoms with Crippen molar-refractivity contribution < 1.29 is 9.13 Å². The second-order valence-electron chi connectivity index (χ2n) is 5.45. The summed E-state index contributed by atoms with van der Waals surface area (Å²) in [5, 5.41) is 12.1. The first-order valence-electron chi connectivity index (χ1n) is 7.54. The number of methoxy groups -OCH3 is 1. The van der Waals surface area contributed by atoms with Crippen molar-refractivity contribution in [1.82, 2.24) is 25.1 Å². The van der Waals surface area contributed by atoms with Gasteiger partial charge in [0.25, 0.3) is 0 Å². The summed E-state index contributed by atoms with van der Waals surface area (Å²) in [4.78, 5) is 2.35. The zero-order valence-electron chi connectivity index (χ0n) is 12.7. The van der Waals surface area contributed by atoms with E-state index >= 15 is 0 Å². The van der Waals surface area contributed by atoms with Gasteiger partial charge in [-0.05, 0) is 54.1 Å². The highest BCUT2D eigenvalue weighted by Crippen LogP contribution is 2.30. The minimum Gasteiger partial charge on any atom is -0.383 e.